The number of ether oxygens (including phenoxy) is 2. The van der Waals surface area contributed by atoms with Gasteiger partial charge < -0.3 is 9.47 Å². The molecule has 0 aliphatic carbocycles. The number of rotatable bonds is 5. The molecule has 4 rings (SSSR count). The molecule has 1 unspecified atom stereocenters. The van der Waals surface area contributed by atoms with Crippen LogP contribution in [0.3, 0.4) is 0 Å². The van der Waals surface area contributed by atoms with E-state index in [9.17, 15) is 18.0 Å². The maximum absolute atomic E-state index is 12.7. The fraction of sp³-hybridized carbons (Fsp3) is 0.130. The first kappa shape index (κ1) is 22.2. The molecule has 0 aromatic heterocycles. The number of carbonyl (C=O) groups is 2. The summed E-state index contributed by atoms with van der Waals surface area (Å²) in [7, 11) is -3.91. The van der Waals surface area contributed by atoms with Gasteiger partial charge in [-0.25, -0.2) is 8.42 Å². The largest absolute Gasteiger partial charge is 0.485 e. The Morgan fingerprint density at radius 1 is 0.909 bits per heavy atom. The molecule has 0 bridgehead atoms. The number of fused-ring (bicyclic) bond motifs is 1. The van der Waals surface area contributed by atoms with E-state index < -0.39 is 27.9 Å². The third-order valence-corrected chi connectivity index (χ3v) is 6.19. The zero-order valence-electron chi connectivity index (χ0n) is 17.6. The molecule has 10 heteroatoms. The summed E-state index contributed by atoms with van der Waals surface area (Å²) in [6, 6.07) is 19.2. The Bertz CT molecular complexity index is 1290. The van der Waals surface area contributed by atoms with Crippen LogP contribution in [0.5, 0.6) is 11.5 Å². The van der Waals surface area contributed by atoms with Crippen LogP contribution in [0.2, 0.25) is 0 Å². The Hall–Kier alpha value is -4.05. The number of anilines is 1. The Balaban J connectivity index is 1.38. The lowest BCUT2D eigenvalue weighted by Crippen LogP contribution is -2.50. The van der Waals surface area contributed by atoms with E-state index in [1.54, 1.807) is 48.5 Å². The first-order valence-corrected chi connectivity index (χ1v) is 11.5. The van der Waals surface area contributed by atoms with E-state index in [4.69, 9.17) is 9.47 Å². The normalized spacial score (nSPS) is 14.8. The summed E-state index contributed by atoms with van der Waals surface area (Å²) in [4.78, 5) is 24.8. The Kier molecular flexibility index (Phi) is 6.18. The number of nitrogens with one attached hydrogen (secondary N) is 3. The van der Waals surface area contributed by atoms with Crippen LogP contribution in [0.15, 0.2) is 77.7 Å². The first-order chi connectivity index (χ1) is 15.8. The minimum absolute atomic E-state index is 0.0167. The van der Waals surface area contributed by atoms with Crippen LogP contribution >= 0.6 is 0 Å². The van der Waals surface area contributed by atoms with Gasteiger partial charge in [-0.3, -0.25) is 25.2 Å². The van der Waals surface area contributed by atoms with Crippen molar-refractivity contribution in [3.8, 4) is 11.5 Å². The average Bonchev–Trinajstić information content (AvgIpc) is 2.83. The number of aryl methyl sites for hydroxylation is 1. The van der Waals surface area contributed by atoms with E-state index in [1.165, 1.54) is 24.3 Å². The van der Waals surface area contributed by atoms with Crippen molar-refractivity contribution in [2.24, 2.45) is 0 Å². The fourth-order valence-corrected chi connectivity index (χ4v) is 4.16. The molecule has 0 radical (unpaired) electrons. The van der Waals surface area contributed by atoms with E-state index >= 15 is 0 Å². The van der Waals surface area contributed by atoms with Crippen molar-refractivity contribution in [2.75, 3.05) is 11.3 Å². The molecule has 0 saturated carbocycles. The molecule has 2 amide bonds. The number of benzene rings is 3. The van der Waals surface area contributed by atoms with E-state index in [0.717, 1.165) is 5.56 Å². The monoisotopic (exact) mass is 467 g/mol. The summed E-state index contributed by atoms with van der Waals surface area (Å²) in [6.45, 7) is 1.88. The molecular formula is C23H21N3O6S. The molecule has 0 saturated heterocycles. The molecule has 3 aromatic carbocycles. The summed E-state index contributed by atoms with van der Waals surface area (Å²) in [5.74, 6) is -0.340. The summed E-state index contributed by atoms with van der Waals surface area (Å²) in [5.41, 5.74) is 5.99. The fourth-order valence-electron chi connectivity index (χ4n) is 3.06. The zero-order chi connectivity index (χ0) is 23.4. The highest BCUT2D eigenvalue weighted by Gasteiger charge is 2.27. The topological polar surface area (TPSA) is 123 Å². The molecule has 1 aliphatic rings. The van der Waals surface area contributed by atoms with Crippen molar-refractivity contribution in [3.05, 3.63) is 83.9 Å². The average molecular weight is 468 g/mol. The van der Waals surface area contributed by atoms with Crippen LogP contribution in [-0.4, -0.2) is 32.9 Å². The number of amides is 2. The number of hydrogen-bond donors (Lipinski definition) is 3. The van der Waals surface area contributed by atoms with Gasteiger partial charge in [-0.1, -0.05) is 35.9 Å². The third kappa shape index (κ3) is 5.24. The molecule has 3 aromatic rings. The standard InChI is InChI=1S/C23H21N3O6S/c1-15-9-11-17(12-10-15)26-33(29,30)18-6-4-5-16(13-18)22(27)24-25-23(28)21-14-31-19-7-2-3-8-20(19)32-21/h2-13,21,26H,14H2,1H3,(H,24,27)(H,25,28). The van der Waals surface area contributed by atoms with Gasteiger partial charge in [0.05, 0.1) is 4.90 Å². The van der Waals surface area contributed by atoms with Gasteiger partial charge in [-0.2, -0.15) is 0 Å². The predicted octanol–water partition coefficient (Wildman–Crippen LogP) is 2.40. The molecule has 170 valence electrons. The van der Waals surface area contributed by atoms with Crippen molar-refractivity contribution in [2.45, 2.75) is 17.9 Å². The second-order valence-electron chi connectivity index (χ2n) is 7.31. The van der Waals surface area contributed by atoms with Crippen LogP contribution in [0, 0.1) is 6.92 Å². The van der Waals surface area contributed by atoms with Gasteiger partial charge in [0.15, 0.2) is 11.5 Å². The number of hydrogen-bond acceptors (Lipinski definition) is 6. The van der Waals surface area contributed by atoms with Gasteiger partial charge in [-0.05, 0) is 49.4 Å². The molecule has 33 heavy (non-hydrogen) atoms. The van der Waals surface area contributed by atoms with Crippen LogP contribution < -0.4 is 25.0 Å². The lowest BCUT2D eigenvalue weighted by molar-refractivity contribution is -0.131. The molecule has 1 aliphatic heterocycles. The highest BCUT2D eigenvalue weighted by molar-refractivity contribution is 7.92. The highest BCUT2D eigenvalue weighted by atomic mass is 32.2. The minimum atomic E-state index is -3.91. The van der Waals surface area contributed by atoms with E-state index in [1.807, 2.05) is 6.92 Å². The predicted molar refractivity (Wildman–Crippen MR) is 120 cm³/mol. The molecule has 3 N–H and O–H groups in total. The van der Waals surface area contributed by atoms with E-state index in [2.05, 4.69) is 15.6 Å². The lowest BCUT2D eigenvalue weighted by Gasteiger charge is -2.25. The van der Waals surface area contributed by atoms with Crippen LogP contribution in [0.25, 0.3) is 0 Å². The Morgan fingerprint density at radius 2 is 1.64 bits per heavy atom. The minimum Gasteiger partial charge on any atom is -0.485 e. The first-order valence-electron chi connectivity index (χ1n) is 10.00. The maximum atomic E-state index is 12.7. The molecular weight excluding hydrogens is 446 g/mol. The van der Waals surface area contributed by atoms with Crippen LogP contribution in [-0.2, 0) is 14.8 Å². The zero-order valence-corrected chi connectivity index (χ0v) is 18.4. The van der Waals surface area contributed by atoms with Crippen molar-refractivity contribution < 1.29 is 27.5 Å². The summed E-state index contributed by atoms with van der Waals surface area (Å²) < 4.78 is 38.9. The number of carbonyl (C=O) groups excluding carboxylic acids is 2. The molecule has 9 nitrogen and oxygen atoms in total. The van der Waals surface area contributed by atoms with Gasteiger partial charge in [0.25, 0.3) is 21.8 Å². The highest BCUT2D eigenvalue weighted by Crippen LogP contribution is 2.30. The van der Waals surface area contributed by atoms with Crippen molar-refractivity contribution in [3.63, 3.8) is 0 Å². The second kappa shape index (κ2) is 9.21. The summed E-state index contributed by atoms with van der Waals surface area (Å²) >= 11 is 0. The second-order valence-corrected chi connectivity index (χ2v) is 8.99. The van der Waals surface area contributed by atoms with Crippen molar-refractivity contribution in [1.82, 2.24) is 10.9 Å². The van der Waals surface area contributed by atoms with E-state index in [-0.39, 0.29) is 17.1 Å². The van der Waals surface area contributed by atoms with Crippen LogP contribution in [0.4, 0.5) is 5.69 Å². The Morgan fingerprint density at radius 3 is 2.39 bits per heavy atom. The number of hydrazine groups is 1. The third-order valence-electron chi connectivity index (χ3n) is 4.81. The quantitative estimate of drug-likeness (QED) is 0.495. The van der Waals surface area contributed by atoms with Gasteiger partial charge in [0.1, 0.15) is 6.61 Å². The van der Waals surface area contributed by atoms with Crippen molar-refractivity contribution in [1.29, 1.82) is 0 Å². The SMILES string of the molecule is Cc1ccc(NS(=O)(=O)c2cccc(C(=O)NNC(=O)C3COc4ccccc4O3)c2)cc1. The van der Waals surface area contributed by atoms with Crippen molar-refractivity contribution >= 4 is 27.5 Å². The Labute approximate surface area is 190 Å². The van der Waals surface area contributed by atoms with Gasteiger partial charge in [-0.15, -0.1) is 0 Å². The number of para-hydroxylation sites is 2. The molecule has 1 heterocycles. The molecule has 0 spiro atoms. The van der Waals surface area contributed by atoms with Gasteiger partial charge in [0, 0.05) is 11.3 Å². The lowest BCUT2D eigenvalue weighted by atomic mass is 10.2. The maximum Gasteiger partial charge on any atom is 0.283 e. The molecule has 1 atom stereocenters. The summed E-state index contributed by atoms with van der Waals surface area (Å²) in [5, 5.41) is 0. The van der Waals surface area contributed by atoms with Crippen LogP contribution in [0.1, 0.15) is 15.9 Å². The smallest absolute Gasteiger partial charge is 0.283 e. The van der Waals surface area contributed by atoms with Gasteiger partial charge in [0.2, 0.25) is 6.10 Å². The van der Waals surface area contributed by atoms with E-state index in [0.29, 0.717) is 17.2 Å². The summed E-state index contributed by atoms with van der Waals surface area (Å²) in [6.07, 6.45) is -0.953. The number of sulfonamides is 1. The van der Waals surface area contributed by atoms with Gasteiger partial charge >= 0.3 is 0 Å². The molecule has 0 fully saturated rings.